The van der Waals surface area contributed by atoms with Gasteiger partial charge in [0.2, 0.25) is 0 Å². The second-order valence-corrected chi connectivity index (χ2v) is 6.36. The minimum absolute atomic E-state index is 0.0848. The first kappa shape index (κ1) is 14.9. The van der Waals surface area contributed by atoms with Crippen LogP contribution in [0.4, 0.5) is 13.2 Å². The number of nitrogens with two attached hydrogens (primary N) is 1. The third kappa shape index (κ3) is 3.09. The molecule has 3 atom stereocenters. The first-order valence-corrected chi connectivity index (χ1v) is 7.63. The van der Waals surface area contributed by atoms with Crippen molar-refractivity contribution in [2.75, 3.05) is 0 Å². The summed E-state index contributed by atoms with van der Waals surface area (Å²) in [7, 11) is 0. The van der Waals surface area contributed by atoms with Gasteiger partial charge in [-0.15, -0.1) is 0 Å². The van der Waals surface area contributed by atoms with Crippen molar-refractivity contribution >= 4 is 0 Å². The van der Waals surface area contributed by atoms with Crippen molar-refractivity contribution in [2.24, 2.45) is 23.6 Å². The zero-order valence-electron chi connectivity index (χ0n) is 11.9. The Bertz CT molecular complexity index is 489. The zero-order valence-corrected chi connectivity index (χ0v) is 11.9. The van der Waals surface area contributed by atoms with E-state index in [4.69, 9.17) is 5.84 Å². The van der Waals surface area contributed by atoms with E-state index in [2.05, 4.69) is 5.43 Å². The Labute approximate surface area is 122 Å². The van der Waals surface area contributed by atoms with E-state index in [9.17, 15) is 13.2 Å². The van der Waals surface area contributed by atoms with E-state index in [1.165, 1.54) is 37.8 Å². The minimum atomic E-state index is -4.28. The summed E-state index contributed by atoms with van der Waals surface area (Å²) < 4.78 is 38.3. The molecule has 3 rings (SSSR count). The molecule has 2 fully saturated rings. The molecule has 2 aliphatic carbocycles. The SMILES string of the molecule is NNC(Cc1cccc(C(F)(F)F)c1)C1C2CCCCC21. The number of alkyl halides is 3. The van der Waals surface area contributed by atoms with Gasteiger partial charge in [-0.3, -0.25) is 11.3 Å². The molecule has 0 heterocycles. The van der Waals surface area contributed by atoms with E-state index < -0.39 is 11.7 Å². The fourth-order valence-corrected chi connectivity index (χ4v) is 4.08. The van der Waals surface area contributed by atoms with Gasteiger partial charge in [0.15, 0.2) is 0 Å². The van der Waals surface area contributed by atoms with Crippen LogP contribution in [0.2, 0.25) is 0 Å². The lowest BCUT2D eigenvalue weighted by Crippen LogP contribution is -2.39. The van der Waals surface area contributed by atoms with Crippen molar-refractivity contribution in [3.05, 3.63) is 35.4 Å². The normalized spacial score (nSPS) is 29.8. The van der Waals surface area contributed by atoms with Gasteiger partial charge >= 0.3 is 6.18 Å². The second kappa shape index (κ2) is 5.61. The molecule has 116 valence electrons. The monoisotopic (exact) mass is 298 g/mol. The van der Waals surface area contributed by atoms with Crippen LogP contribution in [0.15, 0.2) is 24.3 Å². The van der Waals surface area contributed by atoms with Crippen LogP contribution in [0.3, 0.4) is 0 Å². The molecule has 1 aromatic carbocycles. The van der Waals surface area contributed by atoms with Crippen LogP contribution in [0.5, 0.6) is 0 Å². The molecular formula is C16H21F3N2. The van der Waals surface area contributed by atoms with Crippen LogP contribution >= 0.6 is 0 Å². The molecule has 0 saturated heterocycles. The average molecular weight is 298 g/mol. The molecule has 2 aliphatic rings. The van der Waals surface area contributed by atoms with Gasteiger partial charge in [-0.25, -0.2) is 0 Å². The van der Waals surface area contributed by atoms with Crippen molar-refractivity contribution < 1.29 is 13.2 Å². The van der Waals surface area contributed by atoms with Crippen LogP contribution in [-0.2, 0) is 12.6 Å². The molecule has 5 heteroatoms. The molecule has 0 aromatic heterocycles. The van der Waals surface area contributed by atoms with Crippen molar-refractivity contribution in [1.29, 1.82) is 0 Å². The molecule has 3 unspecified atom stereocenters. The third-order valence-electron chi connectivity index (χ3n) is 5.11. The Morgan fingerprint density at radius 3 is 2.43 bits per heavy atom. The molecule has 3 N–H and O–H groups in total. The number of halogens is 3. The summed E-state index contributed by atoms with van der Waals surface area (Å²) >= 11 is 0. The maximum absolute atomic E-state index is 12.8. The summed E-state index contributed by atoms with van der Waals surface area (Å²) in [6.07, 6.45) is 1.33. The van der Waals surface area contributed by atoms with Crippen molar-refractivity contribution in [3.8, 4) is 0 Å². The molecule has 0 radical (unpaired) electrons. The topological polar surface area (TPSA) is 38.0 Å². The third-order valence-corrected chi connectivity index (χ3v) is 5.11. The van der Waals surface area contributed by atoms with Gasteiger partial charge in [-0.05, 0) is 48.6 Å². The molecule has 0 bridgehead atoms. The van der Waals surface area contributed by atoms with Crippen LogP contribution in [0, 0.1) is 17.8 Å². The van der Waals surface area contributed by atoms with Gasteiger partial charge in [0.05, 0.1) is 5.56 Å². The lowest BCUT2D eigenvalue weighted by Gasteiger charge is -2.17. The van der Waals surface area contributed by atoms with Gasteiger partial charge in [0.25, 0.3) is 0 Å². The summed E-state index contributed by atoms with van der Waals surface area (Å²) in [6.45, 7) is 0. The van der Waals surface area contributed by atoms with E-state index in [-0.39, 0.29) is 6.04 Å². The maximum atomic E-state index is 12.8. The summed E-state index contributed by atoms with van der Waals surface area (Å²) in [5, 5.41) is 0. The van der Waals surface area contributed by atoms with Crippen molar-refractivity contribution in [3.63, 3.8) is 0 Å². The quantitative estimate of drug-likeness (QED) is 0.659. The van der Waals surface area contributed by atoms with E-state index in [0.717, 1.165) is 17.9 Å². The molecule has 0 amide bonds. The van der Waals surface area contributed by atoms with Crippen molar-refractivity contribution in [2.45, 2.75) is 44.3 Å². The Morgan fingerprint density at radius 2 is 1.86 bits per heavy atom. The van der Waals surface area contributed by atoms with E-state index in [0.29, 0.717) is 17.9 Å². The largest absolute Gasteiger partial charge is 0.416 e. The number of nitrogens with one attached hydrogen (secondary N) is 1. The maximum Gasteiger partial charge on any atom is 0.416 e. The fraction of sp³-hybridized carbons (Fsp3) is 0.625. The van der Waals surface area contributed by atoms with Crippen LogP contribution in [0.25, 0.3) is 0 Å². The zero-order chi connectivity index (χ0) is 15.0. The van der Waals surface area contributed by atoms with Gasteiger partial charge in [0, 0.05) is 6.04 Å². The number of hydrazine groups is 1. The summed E-state index contributed by atoms with van der Waals surface area (Å²) in [6, 6.07) is 5.68. The predicted octanol–water partition coefficient (Wildman–Crippen LogP) is 3.52. The Balaban J connectivity index is 1.70. The van der Waals surface area contributed by atoms with Gasteiger partial charge < -0.3 is 0 Å². The van der Waals surface area contributed by atoms with Gasteiger partial charge in [0.1, 0.15) is 0 Å². The Morgan fingerprint density at radius 1 is 1.19 bits per heavy atom. The number of fused-ring (bicyclic) bond motifs is 1. The first-order valence-electron chi connectivity index (χ1n) is 7.63. The summed E-state index contributed by atoms with van der Waals surface area (Å²) in [5.74, 6) is 7.66. The Hall–Kier alpha value is -1.07. The van der Waals surface area contributed by atoms with E-state index >= 15 is 0 Å². The fourth-order valence-electron chi connectivity index (χ4n) is 4.08. The minimum Gasteiger partial charge on any atom is -0.271 e. The highest BCUT2D eigenvalue weighted by atomic mass is 19.4. The smallest absolute Gasteiger partial charge is 0.271 e. The van der Waals surface area contributed by atoms with Gasteiger partial charge in [-0.1, -0.05) is 31.0 Å². The summed E-state index contributed by atoms with van der Waals surface area (Å²) in [4.78, 5) is 0. The molecule has 21 heavy (non-hydrogen) atoms. The lowest BCUT2D eigenvalue weighted by molar-refractivity contribution is -0.137. The molecule has 2 saturated carbocycles. The lowest BCUT2D eigenvalue weighted by atomic mass is 9.99. The highest BCUT2D eigenvalue weighted by molar-refractivity contribution is 5.27. The highest BCUT2D eigenvalue weighted by Gasteiger charge is 2.53. The van der Waals surface area contributed by atoms with Crippen LogP contribution in [0.1, 0.15) is 36.8 Å². The van der Waals surface area contributed by atoms with Crippen LogP contribution in [-0.4, -0.2) is 6.04 Å². The van der Waals surface area contributed by atoms with E-state index in [1.807, 2.05) is 0 Å². The van der Waals surface area contributed by atoms with Gasteiger partial charge in [-0.2, -0.15) is 13.2 Å². The molecular weight excluding hydrogens is 277 g/mol. The average Bonchev–Trinajstić information content (AvgIpc) is 3.18. The summed E-state index contributed by atoms with van der Waals surface area (Å²) in [5.41, 5.74) is 2.97. The van der Waals surface area contributed by atoms with Crippen LogP contribution < -0.4 is 11.3 Å². The standard InChI is InChI=1S/C16H21F3N2/c17-16(18,19)11-5-3-4-10(8-11)9-14(21-20)15-12-6-1-2-7-13(12)15/h3-5,8,12-15,21H,1-2,6-7,9,20H2. The second-order valence-electron chi connectivity index (χ2n) is 6.36. The number of rotatable bonds is 4. The molecule has 2 nitrogen and oxygen atoms in total. The molecule has 0 spiro atoms. The molecule has 1 aromatic rings. The number of benzene rings is 1. The Kier molecular flexibility index (Phi) is 3.97. The van der Waals surface area contributed by atoms with E-state index in [1.54, 1.807) is 6.07 Å². The number of hydrogen-bond donors (Lipinski definition) is 2. The first-order chi connectivity index (χ1) is 10.0. The van der Waals surface area contributed by atoms with Crippen molar-refractivity contribution in [1.82, 2.24) is 5.43 Å². The number of hydrogen-bond acceptors (Lipinski definition) is 2. The highest BCUT2D eigenvalue weighted by Crippen LogP contribution is 2.57. The molecule has 0 aliphatic heterocycles. The predicted molar refractivity (Wildman–Crippen MR) is 75.2 cm³/mol.